The summed E-state index contributed by atoms with van der Waals surface area (Å²) in [5.41, 5.74) is 9.01. The summed E-state index contributed by atoms with van der Waals surface area (Å²) in [5.74, 6) is 2.48. The molecule has 1 aliphatic heterocycles. The molecule has 2 aromatic carbocycles. The maximum Gasteiger partial charge on any atom is 0.160 e. The molecule has 0 radical (unpaired) electrons. The lowest BCUT2D eigenvalue weighted by molar-refractivity contribution is 0.307. The van der Waals surface area contributed by atoms with E-state index in [4.69, 9.17) is 9.72 Å². The van der Waals surface area contributed by atoms with Crippen molar-refractivity contribution in [1.82, 2.24) is 14.5 Å². The number of ether oxygens (including phenoxy) is 1. The molecule has 3 heterocycles. The average molecular weight is 433 g/mol. The zero-order chi connectivity index (χ0) is 22.5. The number of pyridine rings is 1. The van der Waals surface area contributed by atoms with Crippen LogP contribution in [0.3, 0.4) is 0 Å². The molecule has 162 valence electrons. The summed E-state index contributed by atoms with van der Waals surface area (Å²) < 4.78 is 8.54. The SMILES string of the molecule is CC(C#N)=C1c2ccccc2COc2cc(Cn3c(C4CC4)nc4c(C)ccnc43)ccc21. The summed E-state index contributed by atoms with van der Waals surface area (Å²) in [6, 6.07) is 18.9. The fourth-order valence-electron chi connectivity index (χ4n) is 4.79. The van der Waals surface area contributed by atoms with Gasteiger partial charge in [0.25, 0.3) is 0 Å². The van der Waals surface area contributed by atoms with Crippen LogP contribution in [0.5, 0.6) is 5.75 Å². The van der Waals surface area contributed by atoms with Crippen LogP contribution in [-0.4, -0.2) is 14.5 Å². The second kappa shape index (κ2) is 7.60. The molecule has 2 aromatic heterocycles. The number of rotatable bonds is 3. The van der Waals surface area contributed by atoms with Crippen LogP contribution in [0.25, 0.3) is 16.7 Å². The van der Waals surface area contributed by atoms with Gasteiger partial charge < -0.3 is 9.30 Å². The Balaban J connectivity index is 1.46. The highest BCUT2D eigenvalue weighted by molar-refractivity contribution is 5.88. The monoisotopic (exact) mass is 432 g/mol. The van der Waals surface area contributed by atoms with Crippen LogP contribution in [0.1, 0.15) is 59.3 Å². The third-order valence-corrected chi connectivity index (χ3v) is 6.68. The Bertz CT molecular complexity index is 1480. The minimum absolute atomic E-state index is 0.483. The van der Waals surface area contributed by atoms with Gasteiger partial charge >= 0.3 is 0 Å². The van der Waals surface area contributed by atoms with Gasteiger partial charge in [0, 0.05) is 28.8 Å². The minimum atomic E-state index is 0.483. The fraction of sp³-hybridized carbons (Fsp3) is 0.250. The number of hydrogen-bond acceptors (Lipinski definition) is 4. The molecular weight excluding hydrogens is 408 g/mol. The number of nitrogens with zero attached hydrogens (tertiary/aromatic N) is 4. The molecule has 0 N–H and O–H groups in total. The lowest BCUT2D eigenvalue weighted by Gasteiger charge is -2.14. The Morgan fingerprint density at radius 1 is 1.15 bits per heavy atom. The topological polar surface area (TPSA) is 63.7 Å². The average Bonchev–Trinajstić information content (AvgIpc) is 3.63. The van der Waals surface area contributed by atoms with E-state index in [2.05, 4.69) is 52.9 Å². The van der Waals surface area contributed by atoms with Crippen LogP contribution < -0.4 is 4.74 Å². The molecule has 0 saturated heterocycles. The zero-order valence-corrected chi connectivity index (χ0v) is 18.8. The van der Waals surface area contributed by atoms with E-state index in [1.165, 1.54) is 12.8 Å². The van der Waals surface area contributed by atoms with Gasteiger partial charge in [-0.2, -0.15) is 5.26 Å². The maximum atomic E-state index is 9.70. The first kappa shape index (κ1) is 19.8. The maximum absolute atomic E-state index is 9.70. The quantitative estimate of drug-likeness (QED) is 0.378. The van der Waals surface area contributed by atoms with E-state index in [1.54, 1.807) is 0 Å². The Morgan fingerprint density at radius 3 is 2.82 bits per heavy atom. The van der Waals surface area contributed by atoms with Crippen molar-refractivity contribution in [3.63, 3.8) is 0 Å². The second-order valence-corrected chi connectivity index (χ2v) is 9.02. The van der Waals surface area contributed by atoms with Gasteiger partial charge in [0.2, 0.25) is 0 Å². The second-order valence-electron chi connectivity index (χ2n) is 9.02. The molecule has 1 fully saturated rings. The van der Waals surface area contributed by atoms with E-state index in [0.29, 0.717) is 24.6 Å². The number of nitriles is 1. The molecule has 0 unspecified atom stereocenters. The summed E-state index contributed by atoms with van der Waals surface area (Å²) in [6.07, 6.45) is 4.25. The number of allylic oxidation sites excluding steroid dienone is 1. The van der Waals surface area contributed by atoms with Crippen molar-refractivity contribution in [2.45, 2.75) is 45.8 Å². The van der Waals surface area contributed by atoms with E-state index >= 15 is 0 Å². The number of hydrogen-bond donors (Lipinski definition) is 0. The third-order valence-electron chi connectivity index (χ3n) is 6.68. The van der Waals surface area contributed by atoms with Crippen molar-refractivity contribution < 1.29 is 4.74 Å². The molecule has 0 amide bonds. The van der Waals surface area contributed by atoms with Crippen LogP contribution in [-0.2, 0) is 13.2 Å². The first-order chi connectivity index (χ1) is 16.1. The molecule has 1 saturated carbocycles. The first-order valence-corrected chi connectivity index (χ1v) is 11.4. The van der Waals surface area contributed by atoms with E-state index in [-0.39, 0.29) is 0 Å². The van der Waals surface area contributed by atoms with Crippen LogP contribution in [0.2, 0.25) is 0 Å². The molecule has 0 atom stereocenters. The highest BCUT2D eigenvalue weighted by Gasteiger charge is 2.30. The van der Waals surface area contributed by atoms with Crippen LogP contribution in [0, 0.1) is 18.3 Å². The Hall–Kier alpha value is -3.91. The van der Waals surface area contributed by atoms with E-state index < -0.39 is 0 Å². The van der Waals surface area contributed by atoms with Crippen molar-refractivity contribution >= 4 is 16.7 Å². The molecule has 1 aliphatic carbocycles. The summed E-state index contributed by atoms with van der Waals surface area (Å²) in [4.78, 5) is 9.64. The zero-order valence-electron chi connectivity index (χ0n) is 18.8. The fourth-order valence-corrected chi connectivity index (χ4v) is 4.79. The van der Waals surface area contributed by atoms with Gasteiger partial charge in [-0.3, -0.25) is 0 Å². The highest BCUT2D eigenvalue weighted by Crippen LogP contribution is 2.42. The normalized spacial score (nSPS) is 16.4. The van der Waals surface area contributed by atoms with Gasteiger partial charge in [0.15, 0.2) is 5.65 Å². The van der Waals surface area contributed by atoms with Gasteiger partial charge in [0.05, 0.1) is 12.6 Å². The van der Waals surface area contributed by atoms with Crippen LogP contribution in [0.15, 0.2) is 60.3 Å². The highest BCUT2D eigenvalue weighted by atomic mass is 16.5. The Labute approximate surface area is 193 Å². The van der Waals surface area contributed by atoms with Gasteiger partial charge in [-0.15, -0.1) is 0 Å². The molecule has 0 spiro atoms. The standard InChI is InChI=1S/C28H24N4O/c1-17-11-12-30-28-26(17)31-27(20-8-9-20)32(28)15-19-7-10-23-24(13-19)33-16-21-5-3-4-6-22(21)25(23)18(2)14-29/h3-7,10-13,20H,8-9,15-16H2,1-2H3. The van der Waals surface area contributed by atoms with Crippen molar-refractivity contribution in [1.29, 1.82) is 5.26 Å². The van der Waals surface area contributed by atoms with Gasteiger partial charge in [-0.05, 0) is 61.1 Å². The van der Waals surface area contributed by atoms with Gasteiger partial charge in [0.1, 0.15) is 23.7 Å². The predicted molar refractivity (Wildman–Crippen MR) is 128 cm³/mol. The third kappa shape index (κ3) is 3.30. The van der Waals surface area contributed by atoms with E-state index in [1.807, 2.05) is 31.3 Å². The molecule has 4 aromatic rings. The molecule has 5 nitrogen and oxygen atoms in total. The summed E-state index contributed by atoms with van der Waals surface area (Å²) in [5, 5.41) is 9.70. The largest absolute Gasteiger partial charge is 0.488 e. The molecule has 0 bridgehead atoms. The Kier molecular flexibility index (Phi) is 4.55. The van der Waals surface area contributed by atoms with Crippen molar-refractivity contribution in [2.24, 2.45) is 0 Å². The number of aryl methyl sites for hydroxylation is 1. The van der Waals surface area contributed by atoms with Crippen LogP contribution >= 0.6 is 0 Å². The van der Waals surface area contributed by atoms with E-state index in [0.717, 1.165) is 56.1 Å². The summed E-state index contributed by atoms with van der Waals surface area (Å²) >= 11 is 0. The molecule has 6 rings (SSSR count). The molecule has 5 heteroatoms. The summed E-state index contributed by atoms with van der Waals surface area (Å²) in [6.45, 7) is 5.15. The van der Waals surface area contributed by atoms with Crippen molar-refractivity contribution in [2.75, 3.05) is 0 Å². The number of aromatic nitrogens is 3. The number of fused-ring (bicyclic) bond motifs is 3. The predicted octanol–water partition coefficient (Wildman–Crippen LogP) is 5.90. The van der Waals surface area contributed by atoms with E-state index in [9.17, 15) is 5.26 Å². The molecule has 2 aliphatic rings. The van der Waals surface area contributed by atoms with Gasteiger partial charge in [-0.25, -0.2) is 9.97 Å². The lowest BCUT2D eigenvalue weighted by atomic mass is 9.90. The lowest BCUT2D eigenvalue weighted by Crippen LogP contribution is -2.06. The number of imidazole rings is 1. The smallest absolute Gasteiger partial charge is 0.160 e. The minimum Gasteiger partial charge on any atom is -0.488 e. The van der Waals surface area contributed by atoms with Crippen molar-refractivity contribution in [3.05, 3.63) is 93.9 Å². The summed E-state index contributed by atoms with van der Waals surface area (Å²) in [7, 11) is 0. The number of benzene rings is 2. The molecular formula is C28H24N4O. The van der Waals surface area contributed by atoms with Crippen LogP contribution in [0.4, 0.5) is 0 Å². The Morgan fingerprint density at radius 2 is 2.00 bits per heavy atom. The van der Waals surface area contributed by atoms with Gasteiger partial charge in [-0.1, -0.05) is 36.4 Å². The van der Waals surface area contributed by atoms with Crippen molar-refractivity contribution in [3.8, 4) is 11.8 Å². The first-order valence-electron chi connectivity index (χ1n) is 11.4. The molecule has 33 heavy (non-hydrogen) atoms.